The van der Waals surface area contributed by atoms with Crippen LogP contribution in [0.4, 0.5) is 5.69 Å². The van der Waals surface area contributed by atoms with Gasteiger partial charge in [0, 0.05) is 10.0 Å². The van der Waals surface area contributed by atoms with Crippen LogP contribution >= 0.6 is 23.2 Å². The first-order valence-electron chi connectivity index (χ1n) is 3.81. The van der Waals surface area contributed by atoms with Gasteiger partial charge in [-0.2, -0.15) is 0 Å². The number of nitrogens with two attached hydrogens (primary N) is 2. The number of hydrogen-bond acceptors (Lipinski definition) is 2. The number of nitrogens with one attached hydrogen (secondary N) is 1. The lowest BCUT2D eigenvalue weighted by molar-refractivity contribution is 1.01. The van der Waals surface area contributed by atoms with E-state index in [1.54, 1.807) is 12.1 Å². The largest absolute Gasteiger partial charge is 0.369 e. The van der Waals surface area contributed by atoms with Gasteiger partial charge in [0.25, 0.3) is 0 Å². The average molecular weight is 233 g/mol. The SMILES string of the molecule is Cc1c(Cl)cc(N=C(N)NN)cc1Cl. The number of rotatable bonds is 1. The van der Waals surface area contributed by atoms with E-state index in [-0.39, 0.29) is 5.96 Å². The van der Waals surface area contributed by atoms with E-state index in [9.17, 15) is 0 Å². The Hall–Kier alpha value is -0.970. The first kappa shape index (κ1) is 11.1. The highest BCUT2D eigenvalue weighted by Crippen LogP contribution is 2.29. The van der Waals surface area contributed by atoms with Crippen LogP contribution in [0.3, 0.4) is 0 Å². The number of guanidine groups is 1. The number of hydrogen-bond donors (Lipinski definition) is 3. The van der Waals surface area contributed by atoms with Gasteiger partial charge in [0.05, 0.1) is 5.69 Å². The Morgan fingerprint density at radius 1 is 1.36 bits per heavy atom. The Kier molecular flexibility index (Phi) is 3.57. The predicted octanol–water partition coefficient (Wildman–Crippen LogP) is 1.71. The minimum atomic E-state index is 0.0981. The summed E-state index contributed by atoms with van der Waals surface area (Å²) < 4.78 is 0. The lowest BCUT2D eigenvalue weighted by Crippen LogP contribution is -2.36. The number of hydrazine groups is 1. The van der Waals surface area contributed by atoms with Crippen molar-refractivity contribution in [3.63, 3.8) is 0 Å². The van der Waals surface area contributed by atoms with Crippen molar-refractivity contribution in [3.8, 4) is 0 Å². The number of nitrogens with zero attached hydrogens (tertiary/aromatic N) is 1. The molecular weight excluding hydrogens is 223 g/mol. The summed E-state index contributed by atoms with van der Waals surface area (Å²) in [6.45, 7) is 1.82. The molecule has 1 aromatic rings. The molecule has 0 saturated carbocycles. The Balaban J connectivity index is 3.13. The molecule has 0 spiro atoms. The Morgan fingerprint density at radius 2 is 1.86 bits per heavy atom. The fourth-order valence-corrected chi connectivity index (χ4v) is 1.34. The molecule has 1 rings (SSSR count). The molecule has 4 nitrogen and oxygen atoms in total. The number of benzene rings is 1. The van der Waals surface area contributed by atoms with Crippen LogP contribution in [0.2, 0.25) is 10.0 Å². The van der Waals surface area contributed by atoms with Gasteiger partial charge in [0.2, 0.25) is 5.96 Å². The van der Waals surface area contributed by atoms with E-state index in [0.29, 0.717) is 15.7 Å². The standard InChI is InChI=1S/C8H10Cl2N4/c1-4-6(9)2-5(3-7(4)10)13-8(11)14-12/h2-3H,12H2,1H3,(H3,11,13,14). The zero-order valence-corrected chi connectivity index (χ0v) is 9.02. The van der Waals surface area contributed by atoms with Crippen LogP contribution in [0, 0.1) is 6.92 Å². The van der Waals surface area contributed by atoms with Crippen molar-refractivity contribution in [3.05, 3.63) is 27.7 Å². The molecule has 0 aliphatic rings. The van der Waals surface area contributed by atoms with Crippen LogP contribution in [0.1, 0.15) is 5.56 Å². The molecule has 0 atom stereocenters. The van der Waals surface area contributed by atoms with E-state index >= 15 is 0 Å². The molecule has 5 N–H and O–H groups in total. The molecule has 0 unspecified atom stereocenters. The van der Waals surface area contributed by atoms with Crippen LogP contribution < -0.4 is 17.0 Å². The fraction of sp³-hybridized carbons (Fsp3) is 0.125. The molecule has 0 heterocycles. The lowest BCUT2D eigenvalue weighted by Gasteiger charge is -2.03. The molecular formula is C8H10Cl2N4. The predicted molar refractivity (Wildman–Crippen MR) is 59.8 cm³/mol. The van der Waals surface area contributed by atoms with Crippen molar-refractivity contribution < 1.29 is 0 Å². The molecule has 1 aromatic carbocycles. The summed E-state index contributed by atoms with van der Waals surface area (Å²) in [6.07, 6.45) is 0. The highest BCUT2D eigenvalue weighted by molar-refractivity contribution is 6.36. The maximum Gasteiger partial charge on any atom is 0.208 e. The van der Waals surface area contributed by atoms with Crippen LogP contribution in [-0.2, 0) is 0 Å². The van der Waals surface area contributed by atoms with Gasteiger partial charge >= 0.3 is 0 Å². The highest BCUT2D eigenvalue weighted by Gasteiger charge is 2.03. The van der Waals surface area contributed by atoms with E-state index in [0.717, 1.165) is 5.56 Å². The Bertz CT molecular complexity index is 353. The quantitative estimate of drug-likeness (QED) is 0.299. The van der Waals surface area contributed by atoms with E-state index in [2.05, 4.69) is 10.4 Å². The van der Waals surface area contributed by atoms with Crippen molar-refractivity contribution in [2.45, 2.75) is 6.92 Å². The third kappa shape index (κ3) is 2.51. The third-order valence-electron chi connectivity index (χ3n) is 1.66. The molecule has 0 radical (unpaired) electrons. The van der Waals surface area contributed by atoms with Gasteiger partial charge in [-0.1, -0.05) is 23.2 Å². The summed E-state index contributed by atoms with van der Waals surface area (Å²) in [5, 5.41) is 1.09. The Labute approximate surface area is 91.9 Å². The zero-order chi connectivity index (χ0) is 10.7. The van der Waals surface area contributed by atoms with Crippen LogP contribution in [0.25, 0.3) is 0 Å². The molecule has 0 amide bonds. The minimum Gasteiger partial charge on any atom is -0.369 e. The monoisotopic (exact) mass is 232 g/mol. The van der Waals surface area contributed by atoms with E-state index < -0.39 is 0 Å². The third-order valence-corrected chi connectivity index (χ3v) is 2.45. The van der Waals surface area contributed by atoms with Gasteiger partial charge in [0.15, 0.2) is 0 Å². The topological polar surface area (TPSA) is 76.4 Å². The van der Waals surface area contributed by atoms with E-state index in [1.165, 1.54) is 0 Å². The summed E-state index contributed by atoms with van der Waals surface area (Å²) in [4.78, 5) is 3.93. The second-order valence-electron chi connectivity index (χ2n) is 2.68. The van der Waals surface area contributed by atoms with Crippen LogP contribution in [0.5, 0.6) is 0 Å². The van der Waals surface area contributed by atoms with Gasteiger partial charge in [-0.25, -0.2) is 10.8 Å². The summed E-state index contributed by atoms with van der Waals surface area (Å²) in [5.41, 5.74) is 8.95. The fourth-order valence-electron chi connectivity index (χ4n) is 0.868. The highest BCUT2D eigenvalue weighted by atomic mass is 35.5. The van der Waals surface area contributed by atoms with Crippen molar-refractivity contribution in [2.75, 3.05) is 0 Å². The summed E-state index contributed by atoms with van der Waals surface area (Å²) >= 11 is 11.8. The van der Waals surface area contributed by atoms with Gasteiger partial charge in [-0.15, -0.1) is 0 Å². The molecule has 6 heteroatoms. The lowest BCUT2D eigenvalue weighted by atomic mass is 10.2. The minimum absolute atomic E-state index is 0.0981. The first-order chi connectivity index (χ1) is 6.54. The van der Waals surface area contributed by atoms with Crippen LogP contribution in [0.15, 0.2) is 17.1 Å². The number of aliphatic imine (C=N–C) groups is 1. The summed E-state index contributed by atoms with van der Waals surface area (Å²) in [5.74, 6) is 5.15. The van der Waals surface area contributed by atoms with Crippen molar-refractivity contribution in [1.29, 1.82) is 0 Å². The molecule has 76 valence electrons. The summed E-state index contributed by atoms with van der Waals surface area (Å²) in [7, 11) is 0. The first-order valence-corrected chi connectivity index (χ1v) is 4.56. The Morgan fingerprint density at radius 3 is 2.29 bits per heavy atom. The second-order valence-corrected chi connectivity index (χ2v) is 3.49. The maximum atomic E-state index is 5.90. The van der Waals surface area contributed by atoms with Crippen LogP contribution in [-0.4, -0.2) is 5.96 Å². The molecule has 0 aliphatic heterocycles. The molecule has 14 heavy (non-hydrogen) atoms. The van der Waals surface area contributed by atoms with Gasteiger partial charge in [-0.05, 0) is 24.6 Å². The van der Waals surface area contributed by atoms with Crippen molar-refractivity contribution in [2.24, 2.45) is 16.6 Å². The molecule has 0 bridgehead atoms. The van der Waals surface area contributed by atoms with E-state index in [1.807, 2.05) is 6.92 Å². The second kappa shape index (κ2) is 4.50. The molecule has 0 aliphatic carbocycles. The molecule has 0 fully saturated rings. The average Bonchev–Trinajstić information content (AvgIpc) is 2.14. The van der Waals surface area contributed by atoms with Crippen molar-refractivity contribution >= 4 is 34.8 Å². The molecule has 0 aromatic heterocycles. The normalized spacial score (nSPS) is 11.6. The van der Waals surface area contributed by atoms with Gasteiger partial charge < -0.3 is 5.73 Å². The summed E-state index contributed by atoms with van der Waals surface area (Å²) in [6, 6.07) is 3.32. The zero-order valence-electron chi connectivity index (χ0n) is 7.51. The van der Waals surface area contributed by atoms with E-state index in [4.69, 9.17) is 34.8 Å². The van der Waals surface area contributed by atoms with Gasteiger partial charge in [-0.3, -0.25) is 5.43 Å². The van der Waals surface area contributed by atoms with Crippen molar-refractivity contribution in [1.82, 2.24) is 5.43 Å². The maximum absolute atomic E-state index is 5.90. The number of halogens is 2. The van der Waals surface area contributed by atoms with Gasteiger partial charge in [0.1, 0.15) is 0 Å². The smallest absolute Gasteiger partial charge is 0.208 e. The molecule has 0 saturated heterocycles.